The molecule has 0 unspecified atom stereocenters. The van der Waals surface area contributed by atoms with E-state index in [-0.39, 0.29) is 11.7 Å². The molecule has 0 aliphatic rings. The Morgan fingerprint density at radius 2 is 1.42 bits per heavy atom. The van der Waals surface area contributed by atoms with E-state index in [0.717, 1.165) is 5.56 Å². The van der Waals surface area contributed by atoms with Gasteiger partial charge >= 0.3 is 0 Å². The number of amides is 1. The van der Waals surface area contributed by atoms with Crippen molar-refractivity contribution in [2.75, 3.05) is 0 Å². The van der Waals surface area contributed by atoms with E-state index in [1.807, 2.05) is 51.1 Å². The van der Waals surface area contributed by atoms with Crippen LogP contribution >= 0.6 is 11.6 Å². The highest BCUT2D eigenvalue weighted by Gasteiger charge is 2.39. The number of carbonyl (C=O) groups is 2. The summed E-state index contributed by atoms with van der Waals surface area (Å²) in [7, 11) is 0. The van der Waals surface area contributed by atoms with Gasteiger partial charge in [-0.3, -0.25) is 9.59 Å². The predicted octanol–water partition coefficient (Wildman–Crippen LogP) is 4.60. The van der Waals surface area contributed by atoms with Gasteiger partial charge in [0.1, 0.15) is 5.54 Å². The first-order valence-electron chi connectivity index (χ1n) is 7.83. The average Bonchev–Trinajstić information content (AvgIpc) is 2.54. The van der Waals surface area contributed by atoms with Gasteiger partial charge in [-0.05, 0) is 36.8 Å². The number of hydrogen-bond donors (Lipinski definition) is 1. The van der Waals surface area contributed by atoms with Crippen LogP contribution in [0, 0.1) is 5.41 Å². The summed E-state index contributed by atoms with van der Waals surface area (Å²) in [4.78, 5) is 25.7. The molecule has 4 heteroatoms. The highest BCUT2D eigenvalue weighted by molar-refractivity contribution is 6.30. The lowest BCUT2D eigenvalue weighted by molar-refractivity contribution is -0.130. The van der Waals surface area contributed by atoms with Crippen molar-refractivity contribution >= 4 is 23.3 Å². The molecule has 0 aliphatic heterocycles. The zero-order chi connectivity index (χ0) is 18.0. The largest absolute Gasteiger partial charge is 0.339 e. The Bertz CT molecular complexity index is 732. The minimum Gasteiger partial charge on any atom is -0.339 e. The molecule has 0 saturated heterocycles. The van der Waals surface area contributed by atoms with Gasteiger partial charge in [-0.2, -0.15) is 0 Å². The molecule has 2 rings (SSSR count). The van der Waals surface area contributed by atoms with E-state index < -0.39 is 11.0 Å². The van der Waals surface area contributed by atoms with Crippen molar-refractivity contribution in [3.63, 3.8) is 0 Å². The molecule has 126 valence electrons. The quantitative estimate of drug-likeness (QED) is 0.824. The molecule has 2 aromatic carbocycles. The third kappa shape index (κ3) is 3.85. The molecule has 0 spiro atoms. The van der Waals surface area contributed by atoms with Gasteiger partial charge in [0.2, 0.25) is 5.91 Å². The molecule has 0 aliphatic carbocycles. The van der Waals surface area contributed by atoms with Gasteiger partial charge in [0.25, 0.3) is 0 Å². The molecule has 3 nitrogen and oxygen atoms in total. The predicted molar refractivity (Wildman–Crippen MR) is 97.2 cm³/mol. The monoisotopic (exact) mass is 343 g/mol. The highest BCUT2D eigenvalue weighted by atomic mass is 35.5. The van der Waals surface area contributed by atoms with Crippen molar-refractivity contribution < 1.29 is 9.59 Å². The Morgan fingerprint density at radius 3 is 1.92 bits per heavy atom. The maximum atomic E-state index is 13.2. The minimum atomic E-state index is -1.15. The van der Waals surface area contributed by atoms with E-state index in [1.165, 1.54) is 0 Å². The molecule has 0 aromatic heterocycles. The lowest BCUT2D eigenvalue weighted by atomic mass is 9.82. The Morgan fingerprint density at radius 1 is 0.875 bits per heavy atom. The third-order valence-electron chi connectivity index (χ3n) is 3.96. The summed E-state index contributed by atoms with van der Waals surface area (Å²) in [5, 5.41) is 3.50. The first kappa shape index (κ1) is 18.2. The molecule has 24 heavy (non-hydrogen) atoms. The van der Waals surface area contributed by atoms with Crippen LogP contribution in [-0.4, -0.2) is 11.7 Å². The van der Waals surface area contributed by atoms with Crippen LogP contribution < -0.4 is 5.32 Å². The smallest absolute Gasteiger partial charge is 0.226 e. The van der Waals surface area contributed by atoms with Crippen LogP contribution in [0.2, 0.25) is 5.02 Å². The Kier molecular flexibility index (Phi) is 5.14. The maximum absolute atomic E-state index is 13.2. The summed E-state index contributed by atoms with van der Waals surface area (Å²) in [5.74, 6) is -0.362. The first-order valence-corrected chi connectivity index (χ1v) is 8.21. The topological polar surface area (TPSA) is 46.2 Å². The number of rotatable bonds is 4. The van der Waals surface area contributed by atoms with Crippen molar-refractivity contribution in [2.24, 2.45) is 5.41 Å². The molecule has 2 aromatic rings. The second-order valence-corrected chi connectivity index (χ2v) is 7.47. The van der Waals surface area contributed by atoms with E-state index >= 15 is 0 Å². The fourth-order valence-corrected chi connectivity index (χ4v) is 2.46. The molecular weight excluding hydrogens is 322 g/mol. The standard InChI is InChI=1S/C20H22ClNO2/c1-19(2,3)18(24)22-20(4,15-8-6-5-7-9-15)17(23)14-10-12-16(21)13-11-14/h5-13H,1-4H3,(H,22,24)/t20-/m0/s1. The Hall–Kier alpha value is -2.13. The SMILES string of the molecule is CC(C)(C)C(=O)N[C@](C)(C(=O)c1ccc(Cl)cc1)c1ccccc1. The fourth-order valence-electron chi connectivity index (χ4n) is 2.34. The summed E-state index contributed by atoms with van der Waals surface area (Å²) in [5.41, 5.74) is -0.516. The van der Waals surface area contributed by atoms with Crippen molar-refractivity contribution in [2.45, 2.75) is 33.2 Å². The minimum absolute atomic E-state index is 0.178. The van der Waals surface area contributed by atoms with Gasteiger partial charge in [0.15, 0.2) is 5.78 Å². The maximum Gasteiger partial charge on any atom is 0.226 e. The number of Topliss-reactive ketones (excluding diaryl/α,β-unsaturated/α-hetero) is 1. The molecule has 0 fully saturated rings. The van der Waals surface area contributed by atoms with Gasteiger partial charge in [0.05, 0.1) is 0 Å². The third-order valence-corrected chi connectivity index (χ3v) is 4.21. The van der Waals surface area contributed by atoms with Crippen LogP contribution in [0.4, 0.5) is 0 Å². The van der Waals surface area contributed by atoms with Crippen LogP contribution in [0.1, 0.15) is 43.6 Å². The molecular formula is C20H22ClNO2. The number of carbonyl (C=O) groups excluding carboxylic acids is 2. The van der Waals surface area contributed by atoms with Crippen molar-refractivity contribution in [3.05, 3.63) is 70.7 Å². The van der Waals surface area contributed by atoms with Crippen LogP contribution in [-0.2, 0) is 10.3 Å². The summed E-state index contributed by atoms with van der Waals surface area (Å²) in [6.45, 7) is 7.20. The molecule has 1 N–H and O–H groups in total. The summed E-state index contributed by atoms with van der Waals surface area (Å²) in [6, 6.07) is 16.0. The fraction of sp³-hybridized carbons (Fsp3) is 0.300. The molecule has 0 radical (unpaired) electrons. The van der Waals surface area contributed by atoms with Crippen LogP contribution in [0.25, 0.3) is 0 Å². The van der Waals surface area contributed by atoms with E-state index in [1.54, 1.807) is 31.2 Å². The Balaban J connectivity index is 2.48. The van der Waals surface area contributed by atoms with Crippen molar-refractivity contribution in [1.29, 1.82) is 0 Å². The van der Waals surface area contributed by atoms with Crippen LogP contribution in [0.15, 0.2) is 54.6 Å². The van der Waals surface area contributed by atoms with Gasteiger partial charge in [-0.1, -0.05) is 62.7 Å². The summed E-state index contributed by atoms with van der Waals surface area (Å²) in [6.07, 6.45) is 0. The van der Waals surface area contributed by atoms with Gasteiger partial charge < -0.3 is 5.32 Å². The molecule has 0 bridgehead atoms. The van der Waals surface area contributed by atoms with Crippen LogP contribution in [0.3, 0.4) is 0 Å². The van der Waals surface area contributed by atoms with E-state index in [9.17, 15) is 9.59 Å². The zero-order valence-electron chi connectivity index (χ0n) is 14.4. The average molecular weight is 344 g/mol. The summed E-state index contributed by atoms with van der Waals surface area (Å²) < 4.78 is 0. The van der Waals surface area contributed by atoms with Crippen molar-refractivity contribution in [1.82, 2.24) is 5.32 Å². The second kappa shape index (κ2) is 6.78. The molecule has 0 heterocycles. The number of halogens is 1. The van der Waals surface area contributed by atoms with Crippen LogP contribution in [0.5, 0.6) is 0 Å². The number of nitrogens with one attached hydrogen (secondary N) is 1. The van der Waals surface area contributed by atoms with E-state index in [0.29, 0.717) is 10.6 Å². The Labute approximate surface area is 148 Å². The van der Waals surface area contributed by atoms with Gasteiger partial charge in [0, 0.05) is 16.0 Å². The first-order chi connectivity index (χ1) is 11.1. The van der Waals surface area contributed by atoms with E-state index in [2.05, 4.69) is 5.32 Å². The normalized spacial score (nSPS) is 13.9. The van der Waals surface area contributed by atoms with Gasteiger partial charge in [-0.25, -0.2) is 0 Å². The lowest BCUT2D eigenvalue weighted by Gasteiger charge is -2.33. The number of ketones is 1. The van der Waals surface area contributed by atoms with E-state index in [4.69, 9.17) is 11.6 Å². The van der Waals surface area contributed by atoms with Crippen molar-refractivity contribution in [3.8, 4) is 0 Å². The number of hydrogen-bond acceptors (Lipinski definition) is 2. The second-order valence-electron chi connectivity index (χ2n) is 7.03. The number of benzene rings is 2. The molecule has 1 amide bonds. The van der Waals surface area contributed by atoms with Gasteiger partial charge in [-0.15, -0.1) is 0 Å². The molecule has 1 atom stereocenters. The lowest BCUT2D eigenvalue weighted by Crippen LogP contribution is -2.52. The summed E-state index contributed by atoms with van der Waals surface area (Å²) >= 11 is 5.91. The highest BCUT2D eigenvalue weighted by Crippen LogP contribution is 2.28. The zero-order valence-corrected chi connectivity index (χ0v) is 15.1. The molecule has 0 saturated carbocycles.